The van der Waals surface area contributed by atoms with Crippen molar-refractivity contribution in [2.24, 2.45) is 0 Å². The molecule has 0 rings (SSSR count). The number of aliphatic hydroxyl groups excluding tert-OH is 2. The summed E-state index contributed by atoms with van der Waals surface area (Å²) < 4.78 is 5.49. The second kappa shape index (κ2) is 57.9. The lowest BCUT2D eigenvalue weighted by molar-refractivity contribution is -0.143. The van der Waals surface area contributed by atoms with Crippen molar-refractivity contribution in [1.82, 2.24) is 5.32 Å². The third-order valence-electron chi connectivity index (χ3n) is 14.2. The highest BCUT2D eigenvalue weighted by Gasteiger charge is 2.18. The predicted octanol–water partition coefficient (Wildman–Crippen LogP) is 19.0. The van der Waals surface area contributed by atoms with E-state index >= 15 is 0 Å². The molecule has 6 nitrogen and oxygen atoms in total. The van der Waals surface area contributed by atoms with Crippen LogP contribution in [0, 0.1) is 0 Å². The number of esters is 1. The fourth-order valence-corrected chi connectivity index (χ4v) is 9.51. The van der Waals surface area contributed by atoms with Gasteiger partial charge < -0.3 is 20.3 Å². The maximum atomic E-state index is 12.4. The van der Waals surface area contributed by atoms with Crippen molar-refractivity contribution in [3.8, 4) is 0 Å². The summed E-state index contributed by atoms with van der Waals surface area (Å²) in [4.78, 5) is 24.5. The Kier molecular flexibility index (Phi) is 56.5. The maximum Gasteiger partial charge on any atom is 0.305 e. The molecule has 402 valence electrons. The van der Waals surface area contributed by atoms with Crippen molar-refractivity contribution >= 4 is 11.9 Å². The van der Waals surface area contributed by atoms with Gasteiger partial charge in [-0.2, -0.15) is 0 Å². The lowest BCUT2D eigenvalue weighted by atomic mass is 10.0. The Hall–Kier alpha value is -1.66. The van der Waals surface area contributed by atoms with Gasteiger partial charge in [0, 0.05) is 12.8 Å². The van der Waals surface area contributed by atoms with E-state index in [0.29, 0.717) is 19.4 Å². The van der Waals surface area contributed by atoms with Crippen molar-refractivity contribution < 1.29 is 24.5 Å². The van der Waals surface area contributed by atoms with Crippen molar-refractivity contribution in [2.75, 3.05) is 13.2 Å². The molecular formula is C62H119NO5. The van der Waals surface area contributed by atoms with Crippen LogP contribution in [0.1, 0.15) is 335 Å². The molecule has 0 aromatic heterocycles. The first-order chi connectivity index (χ1) is 33.5. The molecule has 2 unspecified atom stereocenters. The van der Waals surface area contributed by atoms with E-state index in [1.165, 1.54) is 263 Å². The van der Waals surface area contributed by atoms with Crippen LogP contribution in [0.5, 0.6) is 0 Å². The van der Waals surface area contributed by atoms with E-state index in [4.69, 9.17) is 4.74 Å². The maximum absolute atomic E-state index is 12.4. The summed E-state index contributed by atoms with van der Waals surface area (Å²) in [6, 6.07) is -0.631. The zero-order chi connectivity index (χ0) is 49.3. The molecule has 3 N–H and O–H groups in total. The van der Waals surface area contributed by atoms with Crippen LogP contribution in [-0.4, -0.2) is 47.4 Å². The fourth-order valence-electron chi connectivity index (χ4n) is 9.51. The Labute approximate surface area is 424 Å². The van der Waals surface area contributed by atoms with E-state index < -0.39 is 12.1 Å². The first-order valence-corrected chi connectivity index (χ1v) is 30.6. The third kappa shape index (κ3) is 53.7. The van der Waals surface area contributed by atoms with Crippen molar-refractivity contribution in [1.29, 1.82) is 0 Å². The van der Waals surface area contributed by atoms with Crippen LogP contribution in [0.2, 0.25) is 0 Å². The van der Waals surface area contributed by atoms with E-state index in [2.05, 4.69) is 31.3 Å². The largest absolute Gasteiger partial charge is 0.466 e. The van der Waals surface area contributed by atoms with Gasteiger partial charge >= 0.3 is 5.97 Å². The average Bonchev–Trinajstić information content (AvgIpc) is 3.34. The molecule has 1 amide bonds. The van der Waals surface area contributed by atoms with E-state index in [1.54, 1.807) is 6.08 Å². The predicted molar refractivity (Wildman–Crippen MR) is 296 cm³/mol. The van der Waals surface area contributed by atoms with Crippen molar-refractivity contribution in [3.05, 3.63) is 24.3 Å². The number of unbranched alkanes of at least 4 members (excludes halogenated alkanes) is 44. The Morgan fingerprint density at radius 1 is 0.397 bits per heavy atom. The van der Waals surface area contributed by atoms with Gasteiger partial charge in [0.25, 0.3) is 0 Å². The molecule has 0 saturated carbocycles. The lowest BCUT2D eigenvalue weighted by Crippen LogP contribution is -2.45. The van der Waals surface area contributed by atoms with E-state index in [-0.39, 0.29) is 18.5 Å². The fraction of sp³-hybridized carbons (Fsp3) is 0.903. The molecule has 2 atom stereocenters. The zero-order valence-electron chi connectivity index (χ0n) is 45.9. The van der Waals surface area contributed by atoms with Crippen molar-refractivity contribution in [3.63, 3.8) is 0 Å². The van der Waals surface area contributed by atoms with Gasteiger partial charge in [-0.15, -0.1) is 0 Å². The number of hydrogen-bond donors (Lipinski definition) is 3. The summed E-state index contributed by atoms with van der Waals surface area (Å²) in [5.74, 6) is -0.0596. The molecular weight excluding hydrogens is 839 g/mol. The summed E-state index contributed by atoms with van der Waals surface area (Å²) in [7, 11) is 0. The molecule has 68 heavy (non-hydrogen) atoms. The second-order valence-electron chi connectivity index (χ2n) is 21.0. The van der Waals surface area contributed by atoms with Gasteiger partial charge in [-0.1, -0.05) is 289 Å². The second-order valence-corrected chi connectivity index (χ2v) is 21.0. The Balaban J connectivity index is 3.41. The Bertz CT molecular complexity index is 1060. The van der Waals surface area contributed by atoms with Crippen LogP contribution >= 0.6 is 0 Å². The van der Waals surface area contributed by atoms with E-state index in [0.717, 1.165) is 44.9 Å². The molecule has 0 aliphatic carbocycles. The number of ether oxygens (including phenoxy) is 1. The minimum atomic E-state index is -0.847. The number of nitrogens with one attached hydrogen (secondary N) is 1. The van der Waals surface area contributed by atoms with Gasteiger partial charge in [0.05, 0.1) is 25.4 Å². The topological polar surface area (TPSA) is 95.9 Å². The zero-order valence-corrected chi connectivity index (χ0v) is 45.9. The number of hydrogen-bond acceptors (Lipinski definition) is 5. The van der Waals surface area contributed by atoms with Gasteiger partial charge in [-0.25, -0.2) is 0 Å². The molecule has 0 aromatic rings. The number of allylic oxidation sites excluding steroid dienone is 3. The number of amides is 1. The number of rotatable bonds is 57. The number of aliphatic hydroxyl groups is 2. The summed E-state index contributed by atoms with van der Waals surface area (Å²) in [5, 5.41) is 23.1. The minimum Gasteiger partial charge on any atom is -0.466 e. The molecule has 6 heteroatoms. The number of carbonyl (C=O) groups is 2. The van der Waals surface area contributed by atoms with E-state index in [9.17, 15) is 19.8 Å². The number of carbonyl (C=O) groups excluding carboxylic acids is 2. The SMILES string of the molecule is CCCCCCCCCCCCC/C=C/C(O)C(CO)NC(=O)CCCCCCCCC/C=C\CCCCCCCCCCCCCCOC(=O)CCCCCCCCCCCCCCCCC. The van der Waals surface area contributed by atoms with Gasteiger partial charge in [-0.05, 0) is 57.8 Å². The van der Waals surface area contributed by atoms with Gasteiger partial charge in [-0.3, -0.25) is 9.59 Å². The quantitative estimate of drug-likeness (QED) is 0.0321. The highest BCUT2D eigenvalue weighted by Crippen LogP contribution is 2.17. The van der Waals surface area contributed by atoms with Crippen LogP contribution in [-0.2, 0) is 14.3 Å². The smallest absolute Gasteiger partial charge is 0.305 e. The minimum absolute atomic E-state index is 0.0140. The first kappa shape index (κ1) is 66.3. The van der Waals surface area contributed by atoms with Crippen LogP contribution in [0.25, 0.3) is 0 Å². The standard InChI is InChI=1S/C62H119NO5/c1-3-5-7-9-11-13-15-17-27-32-36-40-44-48-52-56-62(67)68-57-53-49-45-41-37-33-29-26-24-22-20-18-19-21-23-25-28-31-35-39-43-47-51-55-61(66)63-59(58-64)60(65)54-50-46-42-38-34-30-16-14-12-10-8-6-4-2/h21,23,50,54,59-60,64-65H,3-20,22,24-49,51-53,55-58H2,1-2H3,(H,63,66)/b23-21-,54-50+. The van der Waals surface area contributed by atoms with Crippen molar-refractivity contribution in [2.45, 2.75) is 347 Å². The summed E-state index contributed by atoms with van der Waals surface area (Å²) >= 11 is 0. The summed E-state index contributed by atoms with van der Waals surface area (Å²) in [6.45, 7) is 4.91. The van der Waals surface area contributed by atoms with Crippen LogP contribution in [0.4, 0.5) is 0 Å². The van der Waals surface area contributed by atoms with Crippen LogP contribution < -0.4 is 5.32 Å². The first-order valence-electron chi connectivity index (χ1n) is 30.6. The monoisotopic (exact) mass is 958 g/mol. The molecule has 0 heterocycles. The van der Waals surface area contributed by atoms with Gasteiger partial charge in [0.15, 0.2) is 0 Å². The highest BCUT2D eigenvalue weighted by molar-refractivity contribution is 5.76. The molecule has 0 saturated heterocycles. The molecule has 0 aromatic carbocycles. The van der Waals surface area contributed by atoms with Crippen LogP contribution in [0.3, 0.4) is 0 Å². The molecule has 0 spiro atoms. The molecule has 0 radical (unpaired) electrons. The molecule has 0 aliphatic rings. The Morgan fingerprint density at radius 2 is 0.691 bits per heavy atom. The summed E-state index contributed by atoms with van der Waals surface area (Å²) in [6.07, 6.45) is 70.7. The van der Waals surface area contributed by atoms with E-state index in [1.807, 2.05) is 6.08 Å². The average molecular weight is 959 g/mol. The highest BCUT2D eigenvalue weighted by atomic mass is 16.5. The van der Waals surface area contributed by atoms with Crippen LogP contribution in [0.15, 0.2) is 24.3 Å². The molecule has 0 bridgehead atoms. The summed E-state index contributed by atoms with van der Waals surface area (Å²) in [5.41, 5.74) is 0. The van der Waals surface area contributed by atoms with Gasteiger partial charge in [0.1, 0.15) is 0 Å². The Morgan fingerprint density at radius 3 is 1.04 bits per heavy atom. The molecule has 0 fully saturated rings. The molecule has 0 aliphatic heterocycles. The normalized spacial score (nSPS) is 12.7. The van der Waals surface area contributed by atoms with Gasteiger partial charge in [0.2, 0.25) is 5.91 Å². The lowest BCUT2D eigenvalue weighted by Gasteiger charge is -2.20. The third-order valence-corrected chi connectivity index (χ3v) is 14.2.